The van der Waals surface area contributed by atoms with Crippen molar-refractivity contribution in [3.05, 3.63) is 170 Å². The van der Waals surface area contributed by atoms with Gasteiger partial charge in [-0.05, 0) is 133 Å². The molecule has 0 radical (unpaired) electrons. The van der Waals surface area contributed by atoms with Crippen molar-refractivity contribution in [1.29, 1.82) is 0 Å². The molecule has 11 rings (SSSR count). The fourth-order valence-corrected chi connectivity index (χ4v) is 8.45. The molecule has 0 saturated carbocycles. The minimum atomic E-state index is 1.23. The van der Waals surface area contributed by atoms with E-state index in [2.05, 4.69) is 170 Å². The molecule has 0 aliphatic rings. The lowest BCUT2D eigenvalue weighted by Crippen LogP contribution is -1.91. The van der Waals surface area contributed by atoms with E-state index in [1.54, 1.807) is 0 Å². The lowest BCUT2D eigenvalue weighted by Gasteiger charge is -2.18. The summed E-state index contributed by atoms with van der Waals surface area (Å²) >= 11 is 0. The van der Waals surface area contributed by atoms with Gasteiger partial charge >= 0.3 is 0 Å². The van der Waals surface area contributed by atoms with Crippen LogP contribution in [0.1, 0.15) is 0 Å². The summed E-state index contributed by atoms with van der Waals surface area (Å²) in [7, 11) is 0. The molecule has 0 saturated heterocycles. The molecule has 0 unspecified atom stereocenters. The molecular formula is C48H28. The zero-order valence-electron chi connectivity index (χ0n) is 26.2. The SMILES string of the molecule is c1ccc2cc(-c3cc(-c4ccc5ccc6cccc7ccc4c5c67)cc(-c4ccc5ccc6cccc7ccc4c5c67)c3)ccc2c1. The van der Waals surface area contributed by atoms with Crippen LogP contribution in [-0.2, 0) is 0 Å². The van der Waals surface area contributed by atoms with E-state index in [9.17, 15) is 0 Å². The van der Waals surface area contributed by atoms with Gasteiger partial charge in [0.1, 0.15) is 0 Å². The number of hydrogen-bond acceptors (Lipinski definition) is 0. The Morgan fingerprint density at radius 1 is 0.208 bits per heavy atom. The van der Waals surface area contributed by atoms with Gasteiger partial charge in [-0.1, -0.05) is 146 Å². The highest BCUT2D eigenvalue weighted by Gasteiger charge is 2.17. The maximum atomic E-state index is 2.42. The Bertz CT molecular complexity index is 2850. The third kappa shape index (κ3) is 3.66. The van der Waals surface area contributed by atoms with Crippen LogP contribution in [0.2, 0.25) is 0 Å². The Morgan fingerprint density at radius 2 is 0.604 bits per heavy atom. The predicted molar refractivity (Wildman–Crippen MR) is 208 cm³/mol. The minimum Gasteiger partial charge on any atom is -0.0616 e. The van der Waals surface area contributed by atoms with Crippen molar-refractivity contribution in [2.75, 3.05) is 0 Å². The summed E-state index contributed by atoms with van der Waals surface area (Å²) in [6.07, 6.45) is 0. The topological polar surface area (TPSA) is 0 Å². The van der Waals surface area contributed by atoms with Gasteiger partial charge in [-0.2, -0.15) is 0 Å². The quantitative estimate of drug-likeness (QED) is 0.176. The van der Waals surface area contributed by atoms with Crippen LogP contribution in [0.15, 0.2) is 170 Å². The van der Waals surface area contributed by atoms with Gasteiger partial charge in [-0.3, -0.25) is 0 Å². The number of benzene rings is 11. The molecule has 220 valence electrons. The van der Waals surface area contributed by atoms with Crippen molar-refractivity contribution in [1.82, 2.24) is 0 Å². The first-order chi connectivity index (χ1) is 23.8. The van der Waals surface area contributed by atoms with Crippen LogP contribution >= 0.6 is 0 Å². The predicted octanol–water partition coefficient (Wildman–Crippen LogP) is 13.6. The monoisotopic (exact) mass is 604 g/mol. The molecule has 48 heavy (non-hydrogen) atoms. The summed E-state index contributed by atoms with van der Waals surface area (Å²) in [5, 5.41) is 18.3. The molecule has 0 atom stereocenters. The van der Waals surface area contributed by atoms with Crippen molar-refractivity contribution in [3.63, 3.8) is 0 Å². The molecule has 0 aromatic heterocycles. The molecular weight excluding hydrogens is 577 g/mol. The van der Waals surface area contributed by atoms with Crippen molar-refractivity contribution in [3.8, 4) is 33.4 Å². The molecule has 0 heterocycles. The van der Waals surface area contributed by atoms with Crippen LogP contribution in [0.4, 0.5) is 0 Å². The first kappa shape index (κ1) is 25.9. The molecule has 0 fully saturated rings. The van der Waals surface area contributed by atoms with Gasteiger partial charge in [0.25, 0.3) is 0 Å². The molecule has 11 aromatic rings. The van der Waals surface area contributed by atoms with E-state index in [0.29, 0.717) is 0 Å². The molecule has 0 bridgehead atoms. The van der Waals surface area contributed by atoms with Crippen molar-refractivity contribution in [2.24, 2.45) is 0 Å². The molecule has 0 heteroatoms. The van der Waals surface area contributed by atoms with E-state index >= 15 is 0 Å². The largest absolute Gasteiger partial charge is 0.0616 e. The van der Waals surface area contributed by atoms with Gasteiger partial charge in [0.2, 0.25) is 0 Å². The van der Waals surface area contributed by atoms with Crippen LogP contribution in [0.5, 0.6) is 0 Å². The van der Waals surface area contributed by atoms with E-state index in [1.807, 2.05) is 0 Å². The zero-order valence-corrected chi connectivity index (χ0v) is 26.2. The van der Waals surface area contributed by atoms with E-state index in [1.165, 1.54) is 109 Å². The second kappa shape index (κ2) is 9.64. The van der Waals surface area contributed by atoms with Crippen LogP contribution in [0, 0.1) is 0 Å². The van der Waals surface area contributed by atoms with Crippen LogP contribution in [0.25, 0.3) is 109 Å². The summed E-state index contributed by atoms with van der Waals surface area (Å²) in [6, 6.07) is 63.6. The van der Waals surface area contributed by atoms with Gasteiger partial charge in [0.05, 0.1) is 0 Å². The highest BCUT2D eigenvalue weighted by molar-refractivity contribution is 6.27. The minimum absolute atomic E-state index is 1.23. The standard InChI is InChI=1S/C48H28/c1-2-6-36-25-37(16-11-29(36)5-1)38-26-39(41-21-17-34-14-12-30-7-3-9-32-19-23-43(41)47(34)45(30)32)28-40(27-38)42-22-18-35-15-13-31-8-4-10-33-20-24-44(42)48(35)46(31)33/h1-28H. The third-order valence-electron chi connectivity index (χ3n) is 10.7. The smallest absolute Gasteiger partial charge is 0.00206 e. The Balaban J connectivity index is 1.22. The fraction of sp³-hybridized carbons (Fsp3) is 0. The second-order valence-electron chi connectivity index (χ2n) is 13.3. The molecule has 0 aliphatic carbocycles. The number of hydrogen-bond donors (Lipinski definition) is 0. The van der Waals surface area contributed by atoms with Crippen LogP contribution in [0.3, 0.4) is 0 Å². The zero-order chi connectivity index (χ0) is 31.3. The fourth-order valence-electron chi connectivity index (χ4n) is 8.45. The number of fused-ring (bicyclic) bond motifs is 1. The molecule has 0 nitrogen and oxygen atoms in total. The highest BCUT2D eigenvalue weighted by Crippen LogP contribution is 2.44. The summed E-state index contributed by atoms with van der Waals surface area (Å²) in [5.41, 5.74) is 7.46. The van der Waals surface area contributed by atoms with E-state index in [0.717, 1.165) is 0 Å². The highest BCUT2D eigenvalue weighted by atomic mass is 14.2. The Hall–Kier alpha value is -6.24. The van der Waals surface area contributed by atoms with Crippen molar-refractivity contribution in [2.45, 2.75) is 0 Å². The average molecular weight is 605 g/mol. The van der Waals surface area contributed by atoms with Crippen LogP contribution < -0.4 is 0 Å². The van der Waals surface area contributed by atoms with Crippen molar-refractivity contribution < 1.29 is 0 Å². The summed E-state index contributed by atoms with van der Waals surface area (Å²) in [5.74, 6) is 0. The van der Waals surface area contributed by atoms with E-state index < -0.39 is 0 Å². The number of rotatable bonds is 3. The summed E-state index contributed by atoms with van der Waals surface area (Å²) in [6.45, 7) is 0. The molecule has 11 aromatic carbocycles. The first-order valence-corrected chi connectivity index (χ1v) is 16.7. The Kier molecular flexibility index (Phi) is 5.20. The lowest BCUT2D eigenvalue weighted by molar-refractivity contribution is 1.61. The third-order valence-corrected chi connectivity index (χ3v) is 10.7. The Labute approximate surface area is 277 Å². The van der Waals surface area contributed by atoms with Gasteiger partial charge in [-0.25, -0.2) is 0 Å². The second-order valence-corrected chi connectivity index (χ2v) is 13.3. The van der Waals surface area contributed by atoms with E-state index in [4.69, 9.17) is 0 Å². The maximum Gasteiger partial charge on any atom is -0.00206 e. The Morgan fingerprint density at radius 3 is 1.15 bits per heavy atom. The lowest BCUT2D eigenvalue weighted by atomic mass is 9.86. The summed E-state index contributed by atoms with van der Waals surface area (Å²) in [4.78, 5) is 0. The maximum absolute atomic E-state index is 2.42. The van der Waals surface area contributed by atoms with E-state index in [-0.39, 0.29) is 0 Å². The molecule has 0 amide bonds. The van der Waals surface area contributed by atoms with Crippen molar-refractivity contribution >= 4 is 75.4 Å². The van der Waals surface area contributed by atoms with Gasteiger partial charge in [0.15, 0.2) is 0 Å². The van der Waals surface area contributed by atoms with Gasteiger partial charge < -0.3 is 0 Å². The normalized spacial score (nSPS) is 12.2. The average Bonchev–Trinajstić information content (AvgIpc) is 3.15. The van der Waals surface area contributed by atoms with Crippen LogP contribution in [-0.4, -0.2) is 0 Å². The summed E-state index contributed by atoms with van der Waals surface area (Å²) < 4.78 is 0. The molecule has 0 spiro atoms. The van der Waals surface area contributed by atoms with Gasteiger partial charge in [0, 0.05) is 0 Å². The molecule has 0 aliphatic heterocycles. The van der Waals surface area contributed by atoms with Gasteiger partial charge in [-0.15, -0.1) is 0 Å². The first-order valence-electron chi connectivity index (χ1n) is 16.7. The molecule has 0 N–H and O–H groups in total.